The Bertz CT molecular complexity index is 994. The highest BCUT2D eigenvalue weighted by atomic mass is 19.2. The van der Waals surface area contributed by atoms with E-state index in [1.165, 1.54) is 30.4 Å². The molecule has 7 heteroatoms. The van der Waals surface area contributed by atoms with E-state index in [0.717, 1.165) is 0 Å². The van der Waals surface area contributed by atoms with Gasteiger partial charge in [-0.05, 0) is 18.2 Å². The topological polar surface area (TPSA) is 39.2 Å². The Labute approximate surface area is 151 Å². The predicted molar refractivity (Wildman–Crippen MR) is 90.4 cm³/mol. The normalized spacial score (nSPS) is 11.0. The zero-order valence-electron chi connectivity index (χ0n) is 13.6. The first kappa shape index (κ1) is 18.3. The van der Waals surface area contributed by atoms with Crippen molar-refractivity contribution < 1.29 is 27.1 Å². The lowest BCUT2D eigenvalue weighted by Gasteiger charge is -2.10. The summed E-state index contributed by atoms with van der Waals surface area (Å²) in [5.41, 5.74) is 0.723. The highest BCUT2D eigenvalue weighted by Crippen LogP contribution is 2.32. The van der Waals surface area contributed by atoms with Crippen LogP contribution in [0.25, 0.3) is 6.08 Å². The van der Waals surface area contributed by atoms with Crippen LogP contribution < -0.4 is 4.74 Å². The zero-order valence-corrected chi connectivity index (χ0v) is 13.6. The SMILES string of the molecule is O=C(C=Cc1ccccc1Oc1c(F)c(F)nc(F)c1F)c1ccccc1. The average Bonchev–Trinajstić information content (AvgIpc) is 2.69. The Morgan fingerprint density at radius 1 is 0.852 bits per heavy atom. The molecular weight excluding hydrogens is 362 g/mol. The van der Waals surface area contributed by atoms with Gasteiger partial charge in [-0.1, -0.05) is 48.5 Å². The van der Waals surface area contributed by atoms with Crippen molar-refractivity contribution >= 4 is 11.9 Å². The Kier molecular flexibility index (Phi) is 5.30. The molecule has 27 heavy (non-hydrogen) atoms. The zero-order chi connectivity index (χ0) is 19.4. The first-order valence-electron chi connectivity index (χ1n) is 7.71. The number of allylic oxidation sites excluding steroid dienone is 1. The number of para-hydroxylation sites is 1. The highest BCUT2D eigenvalue weighted by molar-refractivity contribution is 6.06. The van der Waals surface area contributed by atoms with Gasteiger partial charge in [-0.3, -0.25) is 4.79 Å². The van der Waals surface area contributed by atoms with Crippen LogP contribution in [0.1, 0.15) is 15.9 Å². The van der Waals surface area contributed by atoms with Crippen LogP contribution in [0, 0.1) is 23.5 Å². The van der Waals surface area contributed by atoms with E-state index in [1.54, 1.807) is 36.4 Å². The average molecular weight is 373 g/mol. The van der Waals surface area contributed by atoms with Crippen molar-refractivity contribution in [2.45, 2.75) is 0 Å². The van der Waals surface area contributed by atoms with Gasteiger partial charge in [0.05, 0.1) is 0 Å². The number of pyridine rings is 1. The number of carbonyl (C=O) groups is 1. The number of hydrogen-bond acceptors (Lipinski definition) is 3. The lowest BCUT2D eigenvalue weighted by molar-refractivity contribution is 0.104. The summed E-state index contributed by atoms with van der Waals surface area (Å²) in [5, 5.41) is 0. The van der Waals surface area contributed by atoms with Gasteiger partial charge in [0.2, 0.25) is 17.4 Å². The Morgan fingerprint density at radius 2 is 1.44 bits per heavy atom. The van der Waals surface area contributed by atoms with Gasteiger partial charge in [-0.25, -0.2) is 0 Å². The summed E-state index contributed by atoms with van der Waals surface area (Å²) in [6.07, 6.45) is 2.62. The number of hydrogen-bond donors (Lipinski definition) is 0. The molecule has 0 radical (unpaired) electrons. The number of benzene rings is 2. The van der Waals surface area contributed by atoms with Gasteiger partial charge in [0.25, 0.3) is 11.9 Å². The molecule has 0 saturated carbocycles. The third kappa shape index (κ3) is 4.03. The molecule has 0 unspecified atom stereocenters. The molecule has 0 atom stereocenters. The minimum absolute atomic E-state index is 0.0996. The first-order valence-corrected chi connectivity index (χ1v) is 7.71. The molecule has 2 aromatic carbocycles. The largest absolute Gasteiger partial charge is 0.450 e. The Balaban J connectivity index is 1.92. The van der Waals surface area contributed by atoms with Crippen LogP contribution in [-0.2, 0) is 0 Å². The van der Waals surface area contributed by atoms with Crippen LogP contribution >= 0.6 is 0 Å². The second-order valence-corrected chi connectivity index (χ2v) is 5.35. The van der Waals surface area contributed by atoms with Crippen LogP contribution in [0.4, 0.5) is 17.6 Å². The van der Waals surface area contributed by atoms with Crippen LogP contribution in [0.2, 0.25) is 0 Å². The maximum Gasteiger partial charge on any atom is 0.255 e. The highest BCUT2D eigenvalue weighted by Gasteiger charge is 2.23. The maximum absolute atomic E-state index is 13.8. The number of nitrogens with zero attached hydrogens (tertiary/aromatic N) is 1. The molecular formula is C20H11F4NO2. The lowest BCUT2D eigenvalue weighted by atomic mass is 10.1. The van der Waals surface area contributed by atoms with E-state index in [2.05, 4.69) is 4.98 Å². The summed E-state index contributed by atoms with van der Waals surface area (Å²) in [7, 11) is 0. The third-order valence-corrected chi connectivity index (χ3v) is 3.56. The van der Waals surface area contributed by atoms with Crippen LogP contribution in [-0.4, -0.2) is 10.8 Å². The number of halogens is 4. The summed E-state index contributed by atoms with van der Waals surface area (Å²) in [6.45, 7) is 0. The molecule has 1 heterocycles. The van der Waals surface area contributed by atoms with Gasteiger partial charge < -0.3 is 4.74 Å². The standard InChI is InChI=1S/C20H11F4NO2/c21-16-18(17(22)20(24)25-19(16)23)27-15-9-5-4-8-13(15)10-11-14(26)12-6-2-1-3-7-12/h1-11H. The van der Waals surface area contributed by atoms with Crippen LogP contribution in [0.15, 0.2) is 60.7 Å². The van der Waals surface area contributed by atoms with Crippen molar-refractivity contribution in [3.05, 3.63) is 95.3 Å². The summed E-state index contributed by atoms with van der Waals surface area (Å²) in [4.78, 5) is 14.6. The van der Waals surface area contributed by atoms with Gasteiger partial charge in [-0.2, -0.15) is 22.5 Å². The molecule has 0 spiro atoms. The van der Waals surface area contributed by atoms with E-state index in [-0.39, 0.29) is 17.1 Å². The van der Waals surface area contributed by atoms with Crippen LogP contribution in [0.3, 0.4) is 0 Å². The smallest absolute Gasteiger partial charge is 0.255 e. The molecule has 0 aliphatic heterocycles. The minimum Gasteiger partial charge on any atom is -0.450 e. The number of ketones is 1. The Hall–Kier alpha value is -3.48. The van der Waals surface area contributed by atoms with Crippen molar-refractivity contribution in [3.63, 3.8) is 0 Å². The molecule has 0 bridgehead atoms. The van der Waals surface area contributed by atoms with E-state index in [1.807, 2.05) is 0 Å². The van der Waals surface area contributed by atoms with Crippen molar-refractivity contribution in [1.82, 2.24) is 4.98 Å². The number of rotatable bonds is 5. The molecule has 0 aliphatic rings. The minimum atomic E-state index is -1.82. The van der Waals surface area contributed by atoms with E-state index in [4.69, 9.17) is 4.74 Å². The molecule has 0 amide bonds. The van der Waals surface area contributed by atoms with E-state index < -0.39 is 29.3 Å². The fourth-order valence-corrected chi connectivity index (χ4v) is 2.24. The monoisotopic (exact) mass is 373 g/mol. The fourth-order valence-electron chi connectivity index (χ4n) is 2.24. The van der Waals surface area contributed by atoms with Crippen molar-refractivity contribution in [3.8, 4) is 11.5 Å². The van der Waals surface area contributed by atoms with Gasteiger partial charge in [-0.15, -0.1) is 0 Å². The number of aromatic nitrogens is 1. The van der Waals surface area contributed by atoms with Gasteiger partial charge in [0.1, 0.15) is 5.75 Å². The van der Waals surface area contributed by atoms with E-state index >= 15 is 0 Å². The molecule has 3 aromatic rings. The molecule has 1 aromatic heterocycles. The van der Waals surface area contributed by atoms with Gasteiger partial charge in [0, 0.05) is 11.1 Å². The summed E-state index contributed by atoms with van der Waals surface area (Å²) in [5.74, 6) is -8.81. The quantitative estimate of drug-likeness (QED) is 0.263. The molecule has 0 N–H and O–H groups in total. The number of carbonyl (C=O) groups excluding carboxylic acids is 1. The lowest BCUT2D eigenvalue weighted by Crippen LogP contribution is -2.03. The van der Waals surface area contributed by atoms with Crippen molar-refractivity contribution in [1.29, 1.82) is 0 Å². The maximum atomic E-state index is 13.8. The van der Waals surface area contributed by atoms with Crippen LogP contribution in [0.5, 0.6) is 11.5 Å². The molecule has 3 nitrogen and oxygen atoms in total. The number of ether oxygens (including phenoxy) is 1. The molecule has 0 aliphatic carbocycles. The Morgan fingerprint density at radius 3 is 2.11 bits per heavy atom. The summed E-state index contributed by atoms with van der Waals surface area (Å²) in [6, 6.07) is 14.4. The van der Waals surface area contributed by atoms with Gasteiger partial charge in [0.15, 0.2) is 5.78 Å². The predicted octanol–water partition coefficient (Wildman–Crippen LogP) is 5.33. The van der Waals surface area contributed by atoms with Crippen molar-refractivity contribution in [2.24, 2.45) is 0 Å². The van der Waals surface area contributed by atoms with Crippen molar-refractivity contribution in [2.75, 3.05) is 0 Å². The van der Waals surface area contributed by atoms with E-state index in [9.17, 15) is 22.4 Å². The third-order valence-electron chi connectivity index (χ3n) is 3.56. The van der Waals surface area contributed by atoms with E-state index in [0.29, 0.717) is 5.56 Å². The first-order chi connectivity index (χ1) is 13.0. The molecule has 0 saturated heterocycles. The second-order valence-electron chi connectivity index (χ2n) is 5.35. The fraction of sp³-hybridized carbons (Fsp3) is 0. The summed E-state index contributed by atoms with van der Waals surface area (Å²) >= 11 is 0. The summed E-state index contributed by atoms with van der Waals surface area (Å²) < 4.78 is 59.0. The molecule has 3 rings (SSSR count). The molecule has 136 valence electrons. The van der Waals surface area contributed by atoms with Gasteiger partial charge >= 0.3 is 0 Å². The molecule has 0 fully saturated rings. The second kappa shape index (κ2) is 7.82.